The second-order valence-electron chi connectivity index (χ2n) is 7.28. The molecule has 1 saturated carbocycles. The first-order chi connectivity index (χ1) is 13.3. The van der Waals surface area contributed by atoms with Crippen LogP contribution in [0.25, 0.3) is 0 Å². The molecule has 4 amide bonds. The quantitative estimate of drug-likeness (QED) is 0.591. The molecule has 1 spiro atoms. The molecule has 3 rings (SSSR count). The molecule has 0 radical (unpaired) electrons. The number of aromatic nitrogens is 1. The number of carbonyl (C=O) groups is 3. The maximum Gasteiger partial charge on any atom is 0.344 e. The van der Waals surface area contributed by atoms with Crippen molar-refractivity contribution in [2.45, 2.75) is 63.4 Å². The summed E-state index contributed by atoms with van der Waals surface area (Å²) < 4.78 is 0. The van der Waals surface area contributed by atoms with E-state index in [0.29, 0.717) is 23.4 Å². The van der Waals surface area contributed by atoms with E-state index < -0.39 is 23.4 Å². The number of hydrazine groups is 1. The third kappa shape index (κ3) is 3.56. The van der Waals surface area contributed by atoms with Crippen LogP contribution in [-0.2, 0) is 9.59 Å². The highest BCUT2D eigenvalue weighted by Crippen LogP contribution is 2.33. The van der Waals surface area contributed by atoms with Gasteiger partial charge in [0.25, 0.3) is 5.91 Å². The van der Waals surface area contributed by atoms with Gasteiger partial charge in [-0.15, -0.1) is 0 Å². The van der Waals surface area contributed by atoms with Gasteiger partial charge in [0, 0.05) is 5.69 Å². The lowest BCUT2D eigenvalue weighted by Gasteiger charge is -2.30. The first-order valence-electron chi connectivity index (χ1n) is 9.26. The van der Waals surface area contributed by atoms with Crippen molar-refractivity contribution in [3.8, 4) is 6.07 Å². The van der Waals surface area contributed by atoms with Gasteiger partial charge in [0.1, 0.15) is 16.6 Å². The summed E-state index contributed by atoms with van der Waals surface area (Å²) in [5.74, 6) is -0.954. The molecule has 1 aliphatic heterocycles. The highest BCUT2D eigenvalue weighted by molar-refractivity contribution is 8.00. The zero-order chi connectivity index (χ0) is 20.5. The highest BCUT2D eigenvalue weighted by Gasteiger charge is 2.52. The van der Waals surface area contributed by atoms with E-state index in [2.05, 4.69) is 21.8 Å². The first-order valence-corrected chi connectivity index (χ1v) is 10.2. The van der Waals surface area contributed by atoms with Crippen LogP contribution in [0.15, 0.2) is 5.03 Å². The van der Waals surface area contributed by atoms with Crippen molar-refractivity contribution in [3.05, 3.63) is 22.4 Å². The maximum absolute atomic E-state index is 12.7. The monoisotopic (exact) mass is 401 g/mol. The zero-order valence-corrected chi connectivity index (χ0v) is 17.0. The third-order valence-corrected chi connectivity index (χ3v) is 6.50. The van der Waals surface area contributed by atoms with Crippen molar-refractivity contribution in [1.29, 1.82) is 5.26 Å². The van der Waals surface area contributed by atoms with E-state index in [-0.39, 0.29) is 5.75 Å². The number of imide groups is 1. The predicted octanol–water partition coefficient (Wildman–Crippen LogP) is 2.26. The molecule has 0 unspecified atom stereocenters. The molecular formula is C19H23N5O3S. The topological polar surface area (TPSA) is 115 Å². The van der Waals surface area contributed by atoms with Crippen LogP contribution in [0.3, 0.4) is 0 Å². The Balaban J connectivity index is 1.66. The summed E-state index contributed by atoms with van der Waals surface area (Å²) in [6.07, 6.45) is 3.97. The number of hydrogen-bond acceptors (Lipinski definition) is 6. The molecule has 28 heavy (non-hydrogen) atoms. The van der Waals surface area contributed by atoms with Crippen LogP contribution in [0.5, 0.6) is 0 Å². The zero-order valence-electron chi connectivity index (χ0n) is 16.2. The molecule has 148 valence electrons. The van der Waals surface area contributed by atoms with Gasteiger partial charge in [-0.1, -0.05) is 31.0 Å². The van der Waals surface area contributed by atoms with Gasteiger partial charge in [0.15, 0.2) is 0 Å². The van der Waals surface area contributed by atoms with Crippen molar-refractivity contribution in [2.24, 2.45) is 0 Å². The molecular weight excluding hydrogens is 378 g/mol. The number of carbonyl (C=O) groups excluding carboxylic acids is 3. The Morgan fingerprint density at radius 1 is 1.25 bits per heavy atom. The van der Waals surface area contributed by atoms with Crippen LogP contribution in [0.2, 0.25) is 0 Å². The smallest absolute Gasteiger partial charge is 0.322 e. The number of nitrogens with one attached hydrogen (secondary N) is 2. The molecule has 9 heteroatoms. The van der Waals surface area contributed by atoms with Crippen molar-refractivity contribution in [2.75, 3.05) is 5.75 Å². The second-order valence-corrected chi connectivity index (χ2v) is 8.24. The number of aryl methyl sites for hydroxylation is 1. The van der Waals surface area contributed by atoms with Crippen molar-refractivity contribution < 1.29 is 14.4 Å². The summed E-state index contributed by atoms with van der Waals surface area (Å²) >= 11 is 1.11. The largest absolute Gasteiger partial charge is 0.344 e. The molecule has 1 saturated heterocycles. The van der Waals surface area contributed by atoms with E-state index in [9.17, 15) is 19.6 Å². The standard InChI is InChI=1S/C19H23N5O3S/c1-11-12(2)14(9-20)16(21-13(11)3)28-10-15(25)23-24-17(26)19(22-18(24)27)7-5-4-6-8-19/h4-8,10H2,1-3H3,(H,22,27)(H,23,25). The van der Waals surface area contributed by atoms with Gasteiger partial charge < -0.3 is 5.32 Å². The van der Waals surface area contributed by atoms with Gasteiger partial charge >= 0.3 is 6.03 Å². The summed E-state index contributed by atoms with van der Waals surface area (Å²) in [4.78, 5) is 41.7. The summed E-state index contributed by atoms with van der Waals surface area (Å²) in [7, 11) is 0. The summed E-state index contributed by atoms with van der Waals surface area (Å²) in [5.41, 5.74) is 4.55. The molecule has 0 aromatic carbocycles. The number of urea groups is 1. The fraction of sp³-hybridized carbons (Fsp3) is 0.526. The molecule has 2 aliphatic rings. The number of nitriles is 1. The van der Waals surface area contributed by atoms with E-state index in [1.54, 1.807) is 0 Å². The predicted molar refractivity (Wildman–Crippen MR) is 103 cm³/mol. The van der Waals surface area contributed by atoms with Crippen LogP contribution < -0.4 is 10.7 Å². The highest BCUT2D eigenvalue weighted by atomic mass is 32.2. The molecule has 1 aromatic heterocycles. The number of thioether (sulfide) groups is 1. The van der Waals surface area contributed by atoms with Gasteiger partial charge in [-0.05, 0) is 44.7 Å². The Morgan fingerprint density at radius 3 is 2.57 bits per heavy atom. The lowest BCUT2D eigenvalue weighted by atomic mass is 9.82. The molecule has 1 aliphatic carbocycles. The van der Waals surface area contributed by atoms with E-state index in [1.165, 1.54) is 0 Å². The van der Waals surface area contributed by atoms with E-state index in [0.717, 1.165) is 52.9 Å². The minimum absolute atomic E-state index is 0.0618. The minimum Gasteiger partial charge on any atom is -0.322 e. The maximum atomic E-state index is 12.7. The van der Waals surface area contributed by atoms with E-state index >= 15 is 0 Å². The number of rotatable bonds is 4. The van der Waals surface area contributed by atoms with Crippen LogP contribution in [0.4, 0.5) is 4.79 Å². The first kappa shape index (κ1) is 20.1. The summed E-state index contributed by atoms with van der Waals surface area (Å²) in [6.45, 7) is 5.60. The molecule has 8 nitrogen and oxygen atoms in total. The molecule has 2 N–H and O–H groups in total. The number of hydrogen-bond donors (Lipinski definition) is 2. The molecule has 2 heterocycles. The fourth-order valence-electron chi connectivity index (χ4n) is 3.65. The second kappa shape index (κ2) is 7.80. The van der Waals surface area contributed by atoms with Crippen molar-refractivity contribution >= 4 is 29.6 Å². The average Bonchev–Trinajstić information content (AvgIpc) is 2.89. The molecule has 1 aromatic rings. The number of pyridine rings is 1. The van der Waals surface area contributed by atoms with Crippen molar-refractivity contribution in [3.63, 3.8) is 0 Å². The van der Waals surface area contributed by atoms with Gasteiger partial charge in [-0.2, -0.15) is 10.3 Å². The van der Waals surface area contributed by atoms with Gasteiger partial charge in [0.05, 0.1) is 11.3 Å². The fourth-order valence-corrected chi connectivity index (χ4v) is 4.53. The van der Waals surface area contributed by atoms with Gasteiger partial charge in [-0.25, -0.2) is 9.78 Å². The van der Waals surface area contributed by atoms with Crippen LogP contribution in [-0.4, -0.2) is 39.1 Å². The third-order valence-electron chi connectivity index (χ3n) is 5.52. The normalized spacial score (nSPS) is 18.1. The van der Waals surface area contributed by atoms with E-state index in [1.807, 2.05) is 20.8 Å². The Morgan fingerprint density at radius 2 is 1.93 bits per heavy atom. The van der Waals surface area contributed by atoms with Crippen LogP contribution >= 0.6 is 11.8 Å². The Bertz CT molecular complexity index is 887. The SMILES string of the molecule is Cc1nc(SCC(=O)NN2C(=O)NC3(CCCCC3)C2=O)c(C#N)c(C)c1C. The summed E-state index contributed by atoms with van der Waals surface area (Å²) in [5, 5.41) is 13.4. The van der Waals surface area contributed by atoms with Crippen LogP contribution in [0.1, 0.15) is 54.5 Å². The van der Waals surface area contributed by atoms with Crippen LogP contribution in [0, 0.1) is 32.1 Å². The Hall–Kier alpha value is -2.60. The Labute approximate surface area is 168 Å². The van der Waals surface area contributed by atoms with Gasteiger partial charge in [-0.3, -0.25) is 15.0 Å². The minimum atomic E-state index is -0.879. The van der Waals surface area contributed by atoms with Crippen molar-refractivity contribution in [1.82, 2.24) is 20.7 Å². The molecule has 2 fully saturated rings. The lowest BCUT2D eigenvalue weighted by Crippen LogP contribution is -2.51. The number of amides is 4. The van der Waals surface area contributed by atoms with E-state index in [4.69, 9.17) is 0 Å². The summed E-state index contributed by atoms with van der Waals surface area (Å²) in [6, 6.07) is 1.54. The molecule has 0 atom stereocenters. The lowest BCUT2D eigenvalue weighted by molar-refractivity contribution is -0.139. The Kier molecular flexibility index (Phi) is 5.61. The average molecular weight is 401 g/mol. The van der Waals surface area contributed by atoms with Gasteiger partial charge in [0.2, 0.25) is 5.91 Å². The molecule has 0 bridgehead atoms. The number of nitrogens with zero attached hydrogens (tertiary/aromatic N) is 3.